The number of carbonyl (C=O) groups excluding carboxylic acids is 1. The van der Waals surface area contributed by atoms with Crippen molar-refractivity contribution in [3.05, 3.63) is 57.8 Å². The van der Waals surface area contributed by atoms with Crippen LogP contribution in [0, 0.1) is 17.5 Å². The number of hydrogen-bond acceptors (Lipinski definition) is 2. The van der Waals surface area contributed by atoms with Crippen LogP contribution in [0.25, 0.3) is 0 Å². The van der Waals surface area contributed by atoms with Crippen molar-refractivity contribution in [2.45, 2.75) is 0 Å². The van der Waals surface area contributed by atoms with E-state index in [9.17, 15) is 18.0 Å². The number of amides is 1. The van der Waals surface area contributed by atoms with Gasteiger partial charge in [0.15, 0.2) is 0 Å². The van der Waals surface area contributed by atoms with Gasteiger partial charge in [-0.15, -0.1) is 0 Å². The maximum Gasteiger partial charge on any atom is 0.256 e. The topological polar surface area (TPSA) is 55.1 Å². The number of hydrogen-bond donors (Lipinski definition) is 2. The third-order valence-corrected chi connectivity index (χ3v) is 3.34. The summed E-state index contributed by atoms with van der Waals surface area (Å²) in [7, 11) is 0. The molecule has 104 valence electrons. The van der Waals surface area contributed by atoms with Gasteiger partial charge < -0.3 is 11.1 Å². The Morgan fingerprint density at radius 3 is 2.50 bits per heavy atom. The van der Waals surface area contributed by atoms with Crippen molar-refractivity contribution >= 4 is 33.2 Å². The van der Waals surface area contributed by atoms with E-state index in [-0.39, 0.29) is 21.4 Å². The fourth-order valence-corrected chi connectivity index (χ4v) is 1.97. The maximum absolute atomic E-state index is 13.5. The Morgan fingerprint density at radius 1 is 1.10 bits per heavy atom. The van der Waals surface area contributed by atoms with Gasteiger partial charge >= 0.3 is 0 Å². The summed E-state index contributed by atoms with van der Waals surface area (Å²) in [5.41, 5.74) is 4.68. The molecule has 0 unspecified atom stereocenters. The summed E-state index contributed by atoms with van der Waals surface area (Å²) in [5.74, 6) is -3.27. The Morgan fingerprint density at radius 2 is 1.80 bits per heavy atom. The molecule has 0 aliphatic rings. The van der Waals surface area contributed by atoms with E-state index in [1.165, 1.54) is 12.1 Å². The van der Waals surface area contributed by atoms with Crippen molar-refractivity contribution in [1.82, 2.24) is 0 Å². The van der Waals surface area contributed by atoms with E-state index in [0.29, 0.717) is 6.07 Å². The first-order chi connectivity index (χ1) is 9.40. The van der Waals surface area contributed by atoms with Crippen molar-refractivity contribution < 1.29 is 18.0 Å². The fraction of sp³-hybridized carbons (Fsp3) is 0. The van der Waals surface area contributed by atoms with Gasteiger partial charge in [-0.1, -0.05) is 6.07 Å². The molecule has 0 bridgehead atoms. The molecule has 2 aromatic carbocycles. The van der Waals surface area contributed by atoms with Crippen LogP contribution in [0.4, 0.5) is 24.5 Å². The smallest absolute Gasteiger partial charge is 0.256 e. The molecule has 0 aliphatic heterocycles. The second-order valence-electron chi connectivity index (χ2n) is 3.91. The number of rotatable bonds is 2. The standard InChI is InChI=1S/C13H8BrF3N2O/c14-12-6(2-1-3-7(12)15)13(20)19-11-5-10(18)8(16)4-9(11)17/h1-5H,18H2,(H,19,20). The van der Waals surface area contributed by atoms with Crippen LogP contribution >= 0.6 is 15.9 Å². The Bertz CT molecular complexity index is 692. The summed E-state index contributed by atoms with van der Waals surface area (Å²) in [6.45, 7) is 0. The second-order valence-corrected chi connectivity index (χ2v) is 4.70. The normalized spacial score (nSPS) is 10.4. The van der Waals surface area contributed by atoms with E-state index in [1.807, 2.05) is 0 Å². The van der Waals surface area contributed by atoms with Crippen LogP contribution in [0.1, 0.15) is 10.4 Å². The maximum atomic E-state index is 13.5. The molecule has 7 heteroatoms. The monoisotopic (exact) mass is 344 g/mol. The van der Waals surface area contributed by atoms with Crippen molar-refractivity contribution in [3.63, 3.8) is 0 Å². The predicted molar refractivity (Wildman–Crippen MR) is 72.8 cm³/mol. The highest BCUT2D eigenvalue weighted by molar-refractivity contribution is 9.10. The summed E-state index contributed by atoms with van der Waals surface area (Å²) in [6, 6.07) is 5.37. The van der Waals surface area contributed by atoms with Gasteiger partial charge in [0, 0.05) is 6.07 Å². The molecule has 20 heavy (non-hydrogen) atoms. The molecule has 1 amide bonds. The van der Waals surface area contributed by atoms with Crippen LogP contribution in [0.5, 0.6) is 0 Å². The van der Waals surface area contributed by atoms with Crippen molar-refractivity contribution in [3.8, 4) is 0 Å². The predicted octanol–water partition coefficient (Wildman–Crippen LogP) is 3.70. The zero-order chi connectivity index (χ0) is 14.9. The largest absolute Gasteiger partial charge is 0.396 e. The molecule has 2 aromatic rings. The second kappa shape index (κ2) is 5.54. The van der Waals surface area contributed by atoms with E-state index in [2.05, 4.69) is 21.2 Å². The molecular weight excluding hydrogens is 337 g/mol. The van der Waals surface area contributed by atoms with Crippen molar-refractivity contribution in [1.29, 1.82) is 0 Å². The molecule has 0 aliphatic carbocycles. The lowest BCUT2D eigenvalue weighted by Gasteiger charge is -2.09. The highest BCUT2D eigenvalue weighted by atomic mass is 79.9. The first-order valence-corrected chi connectivity index (χ1v) is 6.19. The molecule has 3 N–H and O–H groups in total. The van der Waals surface area contributed by atoms with E-state index < -0.39 is 23.4 Å². The quantitative estimate of drug-likeness (QED) is 0.816. The molecule has 3 nitrogen and oxygen atoms in total. The zero-order valence-corrected chi connectivity index (χ0v) is 11.5. The average molecular weight is 345 g/mol. The molecule has 0 saturated carbocycles. The Balaban J connectivity index is 2.33. The highest BCUT2D eigenvalue weighted by Gasteiger charge is 2.16. The average Bonchev–Trinajstić information content (AvgIpc) is 2.39. The Kier molecular flexibility index (Phi) is 3.99. The zero-order valence-electron chi connectivity index (χ0n) is 9.88. The lowest BCUT2D eigenvalue weighted by molar-refractivity contribution is 0.102. The van der Waals surface area contributed by atoms with Crippen LogP contribution in [0.3, 0.4) is 0 Å². The summed E-state index contributed by atoms with van der Waals surface area (Å²) in [4.78, 5) is 11.9. The minimum Gasteiger partial charge on any atom is -0.396 e. The summed E-state index contributed by atoms with van der Waals surface area (Å²) in [5, 5.41) is 2.21. The summed E-state index contributed by atoms with van der Waals surface area (Å²) in [6.07, 6.45) is 0. The minimum atomic E-state index is -0.974. The van der Waals surface area contributed by atoms with Crippen LogP contribution in [0.2, 0.25) is 0 Å². The van der Waals surface area contributed by atoms with Crippen LogP contribution < -0.4 is 11.1 Å². The van der Waals surface area contributed by atoms with Crippen molar-refractivity contribution in [2.75, 3.05) is 11.1 Å². The Hall–Kier alpha value is -2.02. The molecule has 0 fully saturated rings. The van der Waals surface area contributed by atoms with E-state index in [0.717, 1.165) is 12.1 Å². The van der Waals surface area contributed by atoms with E-state index in [1.54, 1.807) is 0 Å². The number of benzene rings is 2. The fourth-order valence-electron chi connectivity index (χ4n) is 1.53. The van der Waals surface area contributed by atoms with Crippen LogP contribution in [-0.2, 0) is 0 Å². The first kappa shape index (κ1) is 14.4. The van der Waals surface area contributed by atoms with Gasteiger partial charge in [-0.3, -0.25) is 4.79 Å². The first-order valence-electron chi connectivity index (χ1n) is 5.40. The molecule has 0 spiro atoms. The molecule has 0 aromatic heterocycles. The van der Waals surface area contributed by atoms with Gasteiger partial charge in [-0.25, -0.2) is 13.2 Å². The summed E-state index contributed by atoms with van der Waals surface area (Å²) >= 11 is 2.92. The van der Waals surface area contributed by atoms with Gasteiger partial charge in [0.1, 0.15) is 17.5 Å². The lowest BCUT2D eigenvalue weighted by Crippen LogP contribution is -2.14. The number of anilines is 2. The third-order valence-electron chi connectivity index (χ3n) is 2.53. The number of nitrogens with one attached hydrogen (secondary N) is 1. The van der Waals surface area contributed by atoms with Crippen LogP contribution in [0.15, 0.2) is 34.8 Å². The van der Waals surface area contributed by atoms with Crippen molar-refractivity contribution in [2.24, 2.45) is 0 Å². The number of nitrogen functional groups attached to an aromatic ring is 1. The van der Waals surface area contributed by atoms with E-state index >= 15 is 0 Å². The van der Waals surface area contributed by atoms with Gasteiger partial charge in [-0.2, -0.15) is 0 Å². The number of nitrogens with two attached hydrogens (primary N) is 1. The van der Waals surface area contributed by atoms with Gasteiger partial charge in [0.05, 0.1) is 21.4 Å². The Labute approximate surface area is 120 Å². The molecule has 0 heterocycles. The lowest BCUT2D eigenvalue weighted by atomic mass is 10.2. The molecule has 0 radical (unpaired) electrons. The molecule has 2 rings (SSSR count). The molecular formula is C13H8BrF3N2O. The minimum absolute atomic E-state index is 0.0210. The molecule has 0 saturated heterocycles. The highest BCUT2D eigenvalue weighted by Crippen LogP contribution is 2.24. The molecule has 0 atom stereocenters. The SMILES string of the molecule is Nc1cc(NC(=O)c2cccc(F)c2Br)c(F)cc1F. The number of carbonyl (C=O) groups is 1. The third kappa shape index (κ3) is 2.77. The summed E-state index contributed by atoms with van der Waals surface area (Å²) < 4.78 is 39.7. The van der Waals surface area contributed by atoms with Gasteiger partial charge in [0.25, 0.3) is 5.91 Å². The number of halogens is 4. The van der Waals surface area contributed by atoms with Gasteiger partial charge in [-0.05, 0) is 34.1 Å². The van der Waals surface area contributed by atoms with Crippen LogP contribution in [-0.4, -0.2) is 5.91 Å². The van der Waals surface area contributed by atoms with Gasteiger partial charge in [0.2, 0.25) is 0 Å². The van der Waals surface area contributed by atoms with E-state index in [4.69, 9.17) is 5.73 Å².